The number of nitrogens with one attached hydrogen (secondary N) is 1. The van der Waals surface area contributed by atoms with E-state index in [0.29, 0.717) is 6.42 Å². The molecular formula is C10H17NO4. The van der Waals surface area contributed by atoms with Gasteiger partial charge in [0.2, 0.25) is 5.91 Å². The van der Waals surface area contributed by atoms with Crippen molar-refractivity contribution < 1.29 is 19.1 Å². The minimum absolute atomic E-state index is 0.120. The van der Waals surface area contributed by atoms with Crippen molar-refractivity contribution in [2.45, 2.75) is 44.9 Å². The maximum atomic E-state index is 11.6. The summed E-state index contributed by atoms with van der Waals surface area (Å²) >= 11 is 0. The number of rotatable bonds is 3. The van der Waals surface area contributed by atoms with Gasteiger partial charge in [-0.25, -0.2) is 4.79 Å². The van der Waals surface area contributed by atoms with E-state index in [9.17, 15) is 9.59 Å². The summed E-state index contributed by atoms with van der Waals surface area (Å²) in [6.07, 6.45) is 1.28. The second-order valence-corrected chi connectivity index (χ2v) is 3.77. The van der Waals surface area contributed by atoms with E-state index in [2.05, 4.69) is 10.1 Å². The highest BCUT2D eigenvalue weighted by atomic mass is 16.5. The van der Waals surface area contributed by atoms with Crippen LogP contribution >= 0.6 is 0 Å². The fraction of sp³-hybridized carbons (Fsp3) is 0.800. The van der Waals surface area contributed by atoms with Crippen LogP contribution in [0.15, 0.2) is 0 Å². The standard InChI is InChI=1S/C10H17NO4/c1-6-4-5-8(15-6)9(12)11-7(2)10(13)14-3/h6-8H,4-5H2,1-3H3,(H,11,12). The second-order valence-electron chi connectivity index (χ2n) is 3.77. The molecule has 0 bridgehead atoms. The molecular weight excluding hydrogens is 198 g/mol. The average molecular weight is 215 g/mol. The van der Waals surface area contributed by atoms with Crippen LogP contribution in [0.25, 0.3) is 0 Å². The Hall–Kier alpha value is -1.10. The van der Waals surface area contributed by atoms with Crippen molar-refractivity contribution in [1.82, 2.24) is 5.32 Å². The van der Waals surface area contributed by atoms with E-state index >= 15 is 0 Å². The molecule has 86 valence electrons. The monoisotopic (exact) mass is 215 g/mol. The summed E-state index contributed by atoms with van der Waals surface area (Å²) < 4.78 is 9.88. The zero-order chi connectivity index (χ0) is 11.4. The number of hydrogen-bond acceptors (Lipinski definition) is 4. The number of ether oxygens (including phenoxy) is 2. The van der Waals surface area contributed by atoms with E-state index in [1.165, 1.54) is 7.11 Å². The topological polar surface area (TPSA) is 64.6 Å². The molecule has 5 nitrogen and oxygen atoms in total. The maximum absolute atomic E-state index is 11.6. The van der Waals surface area contributed by atoms with E-state index < -0.39 is 18.1 Å². The van der Waals surface area contributed by atoms with Crippen LogP contribution in [0.4, 0.5) is 0 Å². The van der Waals surface area contributed by atoms with Crippen LogP contribution in [0.5, 0.6) is 0 Å². The molecule has 0 aromatic rings. The first-order valence-electron chi connectivity index (χ1n) is 5.08. The maximum Gasteiger partial charge on any atom is 0.328 e. The Labute approximate surface area is 89.1 Å². The fourth-order valence-electron chi connectivity index (χ4n) is 1.54. The Kier molecular flexibility index (Phi) is 4.08. The summed E-state index contributed by atoms with van der Waals surface area (Å²) in [5.41, 5.74) is 0. The van der Waals surface area contributed by atoms with Crippen molar-refractivity contribution in [2.75, 3.05) is 7.11 Å². The van der Waals surface area contributed by atoms with Crippen LogP contribution < -0.4 is 5.32 Å². The first-order valence-corrected chi connectivity index (χ1v) is 5.08. The highest BCUT2D eigenvalue weighted by Crippen LogP contribution is 2.19. The SMILES string of the molecule is COC(=O)C(C)NC(=O)C1CCC(C)O1. The number of carbonyl (C=O) groups is 2. The Bertz CT molecular complexity index is 254. The molecule has 3 atom stereocenters. The van der Waals surface area contributed by atoms with Gasteiger partial charge < -0.3 is 14.8 Å². The molecule has 0 saturated carbocycles. The highest BCUT2D eigenvalue weighted by Gasteiger charge is 2.29. The summed E-state index contributed by atoms with van der Waals surface area (Å²) in [5, 5.41) is 2.55. The molecule has 0 radical (unpaired) electrons. The third-order valence-electron chi connectivity index (χ3n) is 2.44. The first kappa shape index (κ1) is 12.0. The Morgan fingerprint density at radius 2 is 2.13 bits per heavy atom. The van der Waals surface area contributed by atoms with Gasteiger partial charge in [-0.05, 0) is 26.7 Å². The molecule has 3 unspecified atom stereocenters. The summed E-state index contributed by atoms with van der Waals surface area (Å²) in [5.74, 6) is -0.688. The smallest absolute Gasteiger partial charge is 0.328 e. The molecule has 0 aliphatic carbocycles. The normalized spacial score (nSPS) is 27.1. The molecule has 1 amide bonds. The highest BCUT2D eigenvalue weighted by molar-refractivity contribution is 5.86. The first-order chi connectivity index (χ1) is 7.04. The lowest BCUT2D eigenvalue weighted by atomic mass is 10.2. The third kappa shape index (κ3) is 3.20. The number of methoxy groups -OCH3 is 1. The van der Waals surface area contributed by atoms with Gasteiger partial charge in [0.25, 0.3) is 0 Å². The quantitative estimate of drug-likeness (QED) is 0.684. The Morgan fingerprint density at radius 3 is 2.60 bits per heavy atom. The zero-order valence-corrected chi connectivity index (χ0v) is 9.28. The Balaban J connectivity index is 2.38. The largest absolute Gasteiger partial charge is 0.467 e. The summed E-state index contributed by atoms with van der Waals surface area (Å²) in [7, 11) is 1.29. The molecule has 1 heterocycles. The predicted molar refractivity (Wildman–Crippen MR) is 53.2 cm³/mol. The van der Waals surface area contributed by atoms with Crippen LogP contribution in [0.2, 0.25) is 0 Å². The molecule has 1 N–H and O–H groups in total. The molecule has 5 heteroatoms. The van der Waals surface area contributed by atoms with Crippen molar-refractivity contribution in [3.8, 4) is 0 Å². The van der Waals surface area contributed by atoms with E-state index in [0.717, 1.165) is 6.42 Å². The van der Waals surface area contributed by atoms with Crippen molar-refractivity contribution in [1.29, 1.82) is 0 Å². The van der Waals surface area contributed by atoms with Crippen molar-refractivity contribution in [3.63, 3.8) is 0 Å². The molecule has 1 rings (SSSR count). The van der Waals surface area contributed by atoms with Gasteiger partial charge in [-0.1, -0.05) is 0 Å². The van der Waals surface area contributed by atoms with Gasteiger partial charge in [0, 0.05) is 0 Å². The van der Waals surface area contributed by atoms with E-state index in [1.54, 1.807) is 6.92 Å². The second kappa shape index (κ2) is 5.11. The van der Waals surface area contributed by atoms with Crippen LogP contribution in [-0.2, 0) is 19.1 Å². The van der Waals surface area contributed by atoms with Crippen LogP contribution in [-0.4, -0.2) is 37.2 Å². The lowest BCUT2D eigenvalue weighted by Crippen LogP contribution is -2.44. The zero-order valence-electron chi connectivity index (χ0n) is 9.28. The van der Waals surface area contributed by atoms with Gasteiger partial charge in [-0.3, -0.25) is 4.79 Å². The molecule has 0 aromatic carbocycles. The van der Waals surface area contributed by atoms with Gasteiger partial charge in [-0.15, -0.1) is 0 Å². The van der Waals surface area contributed by atoms with E-state index in [-0.39, 0.29) is 12.0 Å². The van der Waals surface area contributed by atoms with Gasteiger partial charge in [0.15, 0.2) is 0 Å². The van der Waals surface area contributed by atoms with Gasteiger partial charge in [0.05, 0.1) is 13.2 Å². The van der Waals surface area contributed by atoms with Crippen molar-refractivity contribution >= 4 is 11.9 Å². The molecule has 1 fully saturated rings. The number of esters is 1. The van der Waals surface area contributed by atoms with Crippen LogP contribution in [0.3, 0.4) is 0 Å². The molecule has 0 aromatic heterocycles. The number of hydrogen-bond donors (Lipinski definition) is 1. The summed E-state index contributed by atoms with van der Waals surface area (Å²) in [6, 6.07) is -0.623. The van der Waals surface area contributed by atoms with Gasteiger partial charge in [0.1, 0.15) is 12.1 Å². The van der Waals surface area contributed by atoms with E-state index in [1.807, 2.05) is 6.92 Å². The van der Waals surface area contributed by atoms with Crippen LogP contribution in [0, 0.1) is 0 Å². The minimum Gasteiger partial charge on any atom is -0.467 e. The molecule has 1 aliphatic heterocycles. The molecule has 0 spiro atoms. The number of carbonyl (C=O) groups excluding carboxylic acids is 2. The Morgan fingerprint density at radius 1 is 1.47 bits per heavy atom. The minimum atomic E-state index is -0.623. The van der Waals surface area contributed by atoms with E-state index in [4.69, 9.17) is 4.74 Å². The molecule has 1 saturated heterocycles. The lowest BCUT2D eigenvalue weighted by molar-refractivity contribution is -0.146. The van der Waals surface area contributed by atoms with Gasteiger partial charge >= 0.3 is 5.97 Å². The van der Waals surface area contributed by atoms with Gasteiger partial charge in [-0.2, -0.15) is 0 Å². The van der Waals surface area contributed by atoms with Crippen molar-refractivity contribution in [2.24, 2.45) is 0 Å². The lowest BCUT2D eigenvalue weighted by Gasteiger charge is -2.15. The fourth-order valence-corrected chi connectivity index (χ4v) is 1.54. The third-order valence-corrected chi connectivity index (χ3v) is 2.44. The summed E-state index contributed by atoms with van der Waals surface area (Å²) in [4.78, 5) is 22.6. The summed E-state index contributed by atoms with van der Waals surface area (Å²) in [6.45, 7) is 3.51. The van der Waals surface area contributed by atoms with Crippen LogP contribution in [0.1, 0.15) is 26.7 Å². The molecule has 15 heavy (non-hydrogen) atoms. The molecule has 1 aliphatic rings. The average Bonchev–Trinajstić information content (AvgIpc) is 2.63. The van der Waals surface area contributed by atoms with Crippen molar-refractivity contribution in [3.05, 3.63) is 0 Å². The number of amides is 1. The predicted octanol–water partition coefficient (Wildman–Crippen LogP) is 0.232.